The van der Waals surface area contributed by atoms with Crippen LogP contribution in [0.3, 0.4) is 0 Å². The van der Waals surface area contributed by atoms with Gasteiger partial charge in [-0.2, -0.15) is 0 Å². The first kappa shape index (κ1) is 28.7. The molecule has 0 heterocycles. The number of rotatable bonds is 8. The minimum absolute atomic E-state index is 1.13. The third-order valence-corrected chi connectivity index (χ3v) is 7.95. The van der Waals surface area contributed by atoms with E-state index in [9.17, 15) is 0 Å². The van der Waals surface area contributed by atoms with E-state index in [0.29, 0.717) is 0 Å². The average molecular weight is 568 g/mol. The molecular formula is C43H37N. The highest BCUT2D eigenvalue weighted by Crippen LogP contribution is 2.38. The molecule has 1 heteroatoms. The van der Waals surface area contributed by atoms with Crippen molar-refractivity contribution in [2.75, 3.05) is 4.90 Å². The van der Waals surface area contributed by atoms with Crippen LogP contribution in [0.4, 0.5) is 17.1 Å². The molecule has 0 spiro atoms. The maximum atomic E-state index is 2.32. The number of hydrogen-bond acceptors (Lipinski definition) is 1. The van der Waals surface area contributed by atoms with Crippen molar-refractivity contribution in [2.24, 2.45) is 0 Å². The molecule has 0 bridgehead atoms. The first-order valence-corrected chi connectivity index (χ1v) is 15.2. The Morgan fingerprint density at radius 2 is 0.795 bits per heavy atom. The number of nitrogens with zero attached hydrogens (tertiary/aromatic N) is 1. The van der Waals surface area contributed by atoms with Crippen LogP contribution in [0.15, 0.2) is 169 Å². The highest BCUT2D eigenvalue weighted by Gasteiger charge is 2.16. The summed E-state index contributed by atoms with van der Waals surface area (Å²) in [5, 5.41) is 0. The van der Waals surface area contributed by atoms with Gasteiger partial charge in [0, 0.05) is 17.1 Å². The van der Waals surface area contributed by atoms with Crippen molar-refractivity contribution >= 4 is 34.3 Å². The smallest absolute Gasteiger partial charge is 0.0462 e. The Labute approximate surface area is 262 Å². The summed E-state index contributed by atoms with van der Waals surface area (Å²) < 4.78 is 0. The second-order valence-electron chi connectivity index (χ2n) is 11.3. The Balaban J connectivity index is 1.45. The van der Waals surface area contributed by atoms with Crippen LogP contribution in [-0.4, -0.2) is 0 Å². The summed E-state index contributed by atoms with van der Waals surface area (Å²) in [6.07, 6.45) is 2.31. The average Bonchev–Trinajstić information content (AvgIpc) is 3.07. The van der Waals surface area contributed by atoms with Crippen LogP contribution < -0.4 is 4.90 Å². The summed E-state index contributed by atoms with van der Waals surface area (Å²) in [5.41, 5.74) is 14.3. The van der Waals surface area contributed by atoms with Gasteiger partial charge in [-0.1, -0.05) is 145 Å². The van der Waals surface area contributed by atoms with Crippen molar-refractivity contribution in [1.82, 2.24) is 0 Å². The lowest BCUT2D eigenvalue weighted by Gasteiger charge is -2.26. The van der Waals surface area contributed by atoms with Crippen LogP contribution >= 0.6 is 0 Å². The van der Waals surface area contributed by atoms with Gasteiger partial charge in [0.15, 0.2) is 0 Å². The minimum atomic E-state index is 1.13. The molecule has 0 atom stereocenters. The lowest BCUT2D eigenvalue weighted by Crippen LogP contribution is -2.09. The van der Waals surface area contributed by atoms with E-state index in [-0.39, 0.29) is 0 Å². The van der Waals surface area contributed by atoms with E-state index >= 15 is 0 Å². The highest BCUT2D eigenvalue weighted by molar-refractivity contribution is 6.05. The number of anilines is 3. The first-order chi connectivity index (χ1) is 21.6. The maximum absolute atomic E-state index is 2.32. The lowest BCUT2D eigenvalue weighted by atomic mass is 9.85. The van der Waals surface area contributed by atoms with Crippen LogP contribution in [0.5, 0.6) is 0 Å². The fraction of sp³-hybridized carbons (Fsp3) is 0.0698. The third kappa shape index (κ3) is 6.48. The molecule has 1 nitrogen and oxygen atoms in total. The zero-order valence-corrected chi connectivity index (χ0v) is 25.6. The van der Waals surface area contributed by atoms with Gasteiger partial charge in [0.2, 0.25) is 0 Å². The van der Waals surface area contributed by atoms with Crippen LogP contribution in [0.1, 0.15) is 40.3 Å². The standard InChI is InChI=1S/C43H37N/c1-32-19-25-39(26-20-32)44(40-27-21-33(2)22-28-40)41-29-23-35(24-30-41)31-34(3)42(36-13-7-4-8-14-36)43(37-15-9-5-10-16-37)38-17-11-6-12-18-38/h4-31H,1-3H3. The van der Waals surface area contributed by atoms with Gasteiger partial charge in [0.1, 0.15) is 0 Å². The Morgan fingerprint density at radius 3 is 1.20 bits per heavy atom. The Hall–Kier alpha value is -5.40. The molecule has 0 aliphatic rings. The molecule has 0 saturated heterocycles. The van der Waals surface area contributed by atoms with Crippen molar-refractivity contribution in [3.63, 3.8) is 0 Å². The monoisotopic (exact) mass is 567 g/mol. The molecule has 0 aliphatic carbocycles. The van der Waals surface area contributed by atoms with Crippen LogP contribution in [0, 0.1) is 13.8 Å². The summed E-state index contributed by atoms with van der Waals surface area (Å²) in [4.78, 5) is 2.32. The predicted octanol–water partition coefficient (Wildman–Crippen LogP) is 11.8. The third-order valence-electron chi connectivity index (χ3n) is 7.95. The van der Waals surface area contributed by atoms with Gasteiger partial charge in [-0.25, -0.2) is 0 Å². The van der Waals surface area contributed by atoms with E-state index in [1.165, 1.54) is 44.5 Å². The minimum Gasteiger partial charge on any atom is -0.311 e. The molecule has 0 fully saturated rings. The SMILES string of the molecule is CC(=Cc1ccc(N(c2ccc(C)cc2)c2ccc(C)cc2)cc1)C(=C(c1ccccc1)c1ccccc1)c1ccccc1. The Bertz CT molecular complexity index is 1780. The summed E-state index contributed by atoms with van der Waals surface area (Å²) in [6, 6.07) is 58.6. The molecule has 0 radical (unpaired) electrons. The number of aryl methyl sites for hydroxylation is 2. The molecule has 0 saturated carbocycles. The molecule has 6 rings (SSSR count). The normalized spacial score (nSPS) is 11.2. The van der Waals surface area contributed by atoms with E-state index in [1.54, 1.807) is 0 Å². The van der Waals surface area contributed by atoms with Crippen LogP contribution in [0.2, 0.25) is 0 Å². The number of hydrogen-bond donors (Lipinski definition) is 0. The predicted molar refractivity (Wildman–Crippen MR) is 189 cm³/mol. The van der Waals surface area contributed by atoms with Gasteiger partial charge in [0.25, 0.3) is 0 Å². The zero-order chi connectivity index (χ0) is 30.3. The number of allylic oxidation sites excluding steroid dienone is 2. The van der Waals surface area contributed by atoms with E-state index in [1.807, 2.05) is 0 Å². The molecule has 0 aliphatic heterocycles. The molecule has 214 valence electrons. The van der Waals surface area contributed by atoms with Gasteiger partial charge < -0.3 is 4.90 Å². The molecule has 0 aromatic heterocycles. The second-order valence-corrected chi connectivity index (χ2v) is 11.3. The maximum Gasteiger partial charge on any atom is 0.0462 e. The van der Waals surface area contributed by atoms with Crippen LogP contribution in [0.25, 0.3) is 17.2 Å². The van der Waals surface area contributed by atoms with E-state index in [0.717, 1.165) is 22.6 Å². The summed E-state index contributed by atoms with van der Waals surface area (Å²) in [6.45, 7) is 6.48. The van der Waals surface area contributed by atoms with E-state index in [4.69, 9.17) is 0 Å². The van der Waals surface area contributed by atoms with Crippen molar-refractivity contribution in [2.45, 2.75) is 20.8 Å². The van der Waals surface area contributed by atoms with E-state index < -0.39 is 0 Å². The number of benzene rings is 6. The molecule has 0 N–H and O–H groups in total. The molecular weight excluding hydrogens is 530 g/mol. The molecule has 0 unspecified atom stereocenters. The molecule has 6 aromatic rings. The fourth-order valence-electron chi connectivity index (χ4n) is 5.72. The molecule has 44 heavy (non-hydrogen) atoms. The zero-order valence-electron chi connectivity index (χ0n) is 25.6. The van der Waals surface area contributed by atoms with Gasteiger partial charge in [0.05, 0.1) is 0 Å². The van der Waals surface area contributed by atoms with Gasteiger partial charge in [-0.15, -0.1) is 0 Å². The summed E-state index contributed by atoms with van der Waals surface area (Å²) in [7, 11) is 0. The summed E-state index contributed by atoms with van der Waals surface area (Å²) in [5.74, 6) is 0. The molecule has 6 aromatic carbocycles. The van der Waals surface area contributed by atoms with Gasteiger partial charge in [-0.05, 0) is 96.1 Å². The quantitative estimate of drug-likeness (QED) is 0.131. The van der Waals surface area contributed by atoms with Crippen molar-refractivity contribution in [1.29, 1.82) is 0 Å². The van der Waals surface area contributed by atoms with Crippen molar-refractivity contribution in [3.05, 3.63) is 203 Å². The topological polar surface area (TPSA) is 3.24 Å². The highest BCUT2D eigenvalue weighted by atomic mass is 15.1. The first-order valence-electron chi connectivity index (χ1n) is 15.2. The Kier molecular flexibility index (Phi) is 8.66. The lowest BCUT2D eigenvalue weighted by molar-refractivity contribution is 1.27. The summed E-state index contributed by atoms with van der Waals surface area (Å²) >= 11 is 0. The van der Waals surface area contributed by atoms with Crippen molar-refractivity contribution < 1.29 is 0 Å². The Morgan fingerprint density at radius 1 is 0.432 bits per heavy atom. The largest absolute Gasteiger partial charge is 0.311 e. The van der Waals surface area contributed by atoms with Crippen molar-refractivity contribution in [3.8, 4) is 0 Å². The van der Waals surface area contributed by atoms with Gasteiger partial charge in [-0.3, -0.25) is 0 Å². The van der Waals surface area contributed by atoms with Crippen LogP contribution in [-0.2, 0) is 0 Å². The molecule has 0 amide bonds. The van der Waals surface area contributed by atoms with Gasteiger partial charge >= 0.3 is 0 Å². The second kappa shape index (κ2) is 13.3. The van der Waals surface area contributed by atoms with E-state index in [2.05, 4.69) is 196 Å². The fourth-order valence-corrected chi connectivity index (χ4v) is 5.72.